The number of para-hydroxylation sites is 6. The third-order valence-corrected chi connectivity index (χ3v) is 17.2. The van der Waals surface area contributed by atoms with E-state index in [9.17, 15) is 0 Å². The van der Waals surface area contributed by atoms with E-state index in [1.807, 2.05) is 54.6 Å². The van der Waals surface area contributed by atoms with Gasteiger partial charge in [-0.25, -0.2) is 24.9 Å². The lowest BCUT2D eigenvalue weighted by molar-refractivity contribution is 1.06. The number of hydrogen-bond donors (Lipinski definition) is 0. The first-order valence-electron chi connectivity index (χ1n) is 29.8. The monoisotopic (exact) mass is 1120 g/mol. The van der Waals surface area contributed by atoms with Gasteiger partial charge in [0.25, 0.3) is 6.71 Å². The lowest BCUT2D eigenvalue weighted by Crippen LogP contribution is -2.61. The second kappa shape index (κ2) is 21.1. The molecule has 2 aliphatic heterocycles. The van der Waals surface area contributed by atoms with Crippen LogP contribution in [-0.4, -0.2) is 36.2 Å². The Balaban J connectivity index is 0.859. The molecule has 15 aromatic rings. The van der Waals surface area contributed by atoms with Gasteiger partial charge >= 0.3 is 0 Å². The van der Waals surface area contributed by atoms with E-state index in [2.05, 4.69) is 269 Å². The van der Waals surface area contributed by atoms with Crippen LogP contribution in [0.2, 0.25) is 0 Å². The number of nitrogens with zero attached hydrogens (tertiary/aromatic N) is 8. The molecule has 0 unspecified atom stereocenters. The van der Waals surface area contributed by atoms with Gasteiger partial charge in [-0.1, -0.05) is 224 Å². The highest BCUT2D eigenvalue weighted by Gasteiger charge is 2.43. The molecule has 2 aliphatic rings. The topological polar surface area (TPSA) is 75.9 Å². The molecule has 8 nitrogen and oxygen atoms in total. The number of benzene rings is 12. The summed E-state index contributed by atoms with van der Waals surface area (Å²) in [6.45, 7) is 0.0144. The molecule has 0 saturated heterocycles. The first kappa shape index (κ1) is 50.7. The average Bonchev–Trinajstić information content (AvgIpc) is 0.947. The van der Waals surface area contributed by atoms with Crippen molar-refractivity contribution in [2.24, 2.45) is 0 Å². The summed E-state index contributed by atoms with van der Waals surface area (Å²) in [5.41, 5.74) is 22.9. The highest BCUT2D eigenvalue weighted by molar-refractivity contribution is 7.00. The molecule has 0 saturated carbocycles. The lowest BCUT2D eigenvalue weighted by atomic mass is 9.33. The van der Waals surface area contributed by atoms with Gasteiger partial charge in [-0.15, -0.1) is 0 Å². The van der Waals surface area contributed by atoms with E-state index < -0.39 is 0 Å². The summed E-state index contributed by atoms with van der Waals surface area (Å²) in [4.78, 5) is 31.8. The zero-order valence-corrected chi connectivity index (χ0v) is 47.6. The van der Waals surface area contributed by atoms with Crippen molar-refractivity contribution < 1.29 is 0 Å². The minimum atomic E-state index is 0.0144. The average molecular weight is 1120 g/mol. The Bertz CT molecular complexity index is 4930. The molecule has 0 fully saturated rings. The summed E-state index contributed by atoms with van der Waals surface area (Å²) in [7, 11) is 0. The Hall–Kier alpha value is -11.8. The second-order valence-corrected chi connectivity index (χ2v) is 22.4. The molecule has 12 aromatic carbocycles. The molecule has 410 valence electrons. The maximum absolute atomic E-state index is 5.54. The summed E-state index contributed by atoms with van der Waals surface area (Å²) in [5.74, 6) is 2.20. The largest absolute Gasteiger partial charge is 0.311 e. The molecule has 0 spiro atoms. The third-order valence-electron chi connectivity index (χ3n) is 17.2. The summed E-state index contributed by atoms with van der Waals surface area (Å²) >= 11 is 0. The van der Waals surface area contributed by atoms with Crippen LogP contribution in [0.4, 0.5) is 34.1 Å². The Kier molecular flexibility index (Phi) is 12.1. The highest BCUT2D eigenvalue weighted by atomic mass is 15.2. The number of fused-ring (bicyclic) bond motifs is 7. The minimum absolute atomic E-state index is 0.0144. The van der Waals surface area contributed by atoms with Gasteiger partial charge in [-0.2, -0.15) is 0 Å². The Morgan fingerprint density at radius 2 is 0.648 bits per heavy atom. The molecular formula is C79H51BN8. The van der Waals surface area contributed by atoms with E-state index in [-0.39, 0.29) is 6.71 Å². The van der Waals surface area contributed by atoms with Gasteiger partial charge in [0.1, 0.15) is 0 Å². The van der Waals surface area contributed by atoms with Gasteiger partial charge in [0.2, 0.25) is 0 Å². The second-order valence-electron chi connectivity index (χ2n) is 22.4. The van der Waals surface area contributed by atoms with E-state index >= 15 is 0 Å². The SMILES string of the molecule is c1ccc(-c2cc(-c3ccccc3)nc(-c3ccc(-n4c5ccccc5c5ccccc54)c(-c4nc(-c5ccccc5)nc(-c5ccc(-c6cc7c8c(c6)N(c6ccccc6)c6ccccc6B8c6ccccc6N7c6ccccc6)cc5)n4)c3)n2)cc1. The smallest absolute Gasteiger partial charge is 0.252 e. The first-order chi connectivity index (χ1) is 43.6. The predicted octanol–water partition coefficient (Wildman–Crippen LogP) is 17.5. The van der Waals surface area contributed by atoms with E-state index in [0.29, 0.717) is 23.3 Å². The number of hydrogen-bond acceptors (Lipinski definition) is 7. The van der Waals surface area contributed by atoms with E-state index in [0.717, 1.165) is 106 Å². The molecule has 3 aromatic heterocycles. The van der Waals surface area contributed by atoms with Gasteiger partial charge in [-0.3, -0.25) is 0 Å². The Morgan fingerprint density at radius 1 is 0.250 bits per heavy atom. The van der Waals surface area contributed by atoms with Crippen LogP contribution in [-0.2, 0) is 0 Å². The molecule has 0 aliphatic carbocycles. The van der Waals surface area contributed by atoms with E-state index in [4.69, 9.17) is 24.9 Å². The van der Waals surface area contributed by atoms with Gasteiger partial charge in [0.15, 0.2) is 23.3 Å². The molecular weight excluding hydrogens is 1070 g/mol. The normalized spacial score (nSPS) is 12.2. The van der Waals surface area contributed by atoms with Crippen molar-refractivity contribution in [3.63, 3.8) is 0 Å². The van der Waals surface area contributed by atoms with Crippen LogP contribution in [0.3, 0.4) is 0 Å². The van der Waals surface area contributed by atoms with Gasteiger partial charge in [0.05, 0.1) is 28.1 Å². The predicted molar refractivity (Wildman–Crippen MR) is 362 cm³/mol. The van der Waals surface area contributed by atoms with Crippen LogP contribution in [0, 0.1) is 0 Å². The molecule has 0 amide bonds. The van der Waals surface area contributed by atoms with Crippen molar-refractivity contribution in [2.45, 2.75) is 0 Å². The fraction of sp³-hybridized carbons (Fsp3) is 0. The summed E-state index contributed by atoms with van der Waals surface area (Å²) in [5, 5.41) is 2.30. The maximum atomic E-state index is 5.54. The standard InChI is InChI=1S/C79H51BN8/c1-6-24-53(25-7-1)66-51-67(54-26-8-2-9-27-54)82-78(81-66)57-46-47-70(88-68-38-20-16-34-61(68)62-35-17-21-39-69(62)88)63(48-57)79-84-76(55-28-10-3-11-29-55)83-77(85-79)56-44-42-52(43-45-56)58-49-73-75-74(50-58)87(60-32-14-5-15-33-60)72-41-23-19-37-65(72)80(75)64-36-18-22-40-71(64)86(73)59-30-12-4-13-31-59/h1-51H. The fourth-order valence-electron chi connectivity index (χ4n) is 13.2. The van der Waals surface area contributed by atoms with Gasteiger partial charge < -0.3 is 14.4 Å². The summed E-state index contributed by atoms with van der Waals surface area (Å²) < 4.78 is 2.34. The molecule has 0 radical (unpaired) electrons. The van der Waals surface area contributed by atoms with Gasteiger partial charge in [0, 0.05) is 78.3 Å². The Morgan fingerprint density at radius 3 is 1.17 bits per heavy atom. The zero-order chi connectivity index (χ0) is 58.1. The van der Waals surface area contributed by atoms with E-state index in [1.54, 1.807) is 0 Å². The highest BCUT2D eigenvalue weighted by Crippen LogP contribution is 2.47. The quantitative estimate of drug-likeness (QED) is 0.126. The summed E-state index contributed by atoms with van der Waals surface area (Å²) in [6, 6.07) is 109. The minimum Gasteiger partial charge on any atom is -0.311 e. The van der Waals surface area contributed by atoms with Crippen molar-refractivity contribution in [3.05, 3.63) is 309 Å². The van der Waals surface area contributed by atoms with Crippen LogP contribution in [0.15, 0.2) is 309 Å². The van der Waals surface area contributed by atoms with Crippen molar-refractivity contribution >= 4 is 79.0 Å². The number of anilines is 6. The maximum Gasteiger partial charge on any atom is 0.252 e. The summed E-state index contributed by atoms with van der Waals surface area (Å²) in [6.07, 6.45) is 0. The van der Waals surface area contributed by atoms with E-state index in [1.165, 1.54) is 27.8 Å². The van der Waals surface area contributed by atoms with Crippen LogP contribution in [0.25, 0.3) is 107 Å². The molecule has 88 heavy (non-hydrogen) atoms. The lowest BCUT2D eigenvalue weighted by Gasteiger charge is -2.44. The van der Waals surface area contributed by atoms with Gasteiger partial charge in [-0.05, 0) is 112 Å². The number of rotatable bonds is 10. The van der Waals surface area contributed by atoms with Crippen LogP contribution >= 0.6 is 0 Å². The van der Waals surface area contributed by atoms with Crippen molar-refractivity contribution in [1.82, 2.24) is 29.5 Å². The van der Waals surface area contributed by atoms with Crippen molar-refractivity contribution in [2.75, 3.05) is 9.80 Å². The molecule has 5 heterocycles. The first-order valence-corrected chi connectivity index (χ1v) is 29.8. The van der Waals surface area contributed by atoms with Crippen molar-refractivity contribution in [1.29, 1.82) is 0 Å². The zero-order valence-electron chi connectivity index (χ0n) is 47.6. The van der Waals surface area contributed by atoms with Crippen molar-refractivity contribution in [3.8, 4) is 84.9 Å². The van der Waals surface area contributed by atoms with Crippen LogP contribution < -0.4 is 26.2 Å². The Labute approximate surface area is 509 Å². The molecule has 0 bridgehead atoms. The molecule has 9 heteroatoms. The fourth-order valence-corrected chi connectivity index (χ4v) is 13.2. The number of aromatic nitrogens is 6. The molecule has 0 atom stereocenters. The molecule has 17 rings (SSSR count). The third kappa shape index (κ3) is 8.58. The van der Waals surface area contributed by atoms with Crippen LogP contribution in [0.1, 0.15) is 0 Å². The molecule has 0 N–H and O–H groups in total. The van der Waals surface area contributed by atoms with Crippen LogP contribution in [0.5, 0.6) is 0 Å².